The predicted octanol–water partition coefficient (Wildman–Crippen LogP) is 2.17. The van der Waals surface area contributed by atoms with Gasteiger partial charge in [-0.25, -0.2) is 8.42 Å². The second-order valence-electron chi connectivity index (χ2n) is 4.84. The first-order valence-corrected chi connectivity index (χ1v) is 7.41. The Bertz CT molecular complexity index is 544. The van der Waals surface area contributed by atoms with Crippen LogP contribution in [-0.2, 0) is 14.6 Å². The molecule has 0 bridgehead atoms. The number of hydrogen-bond acceptors (Lipinski definition) is 3. The molecule has 0 saturated carbocycles. The standard InChI is InChI=1S/C13H16O3S/c1-9(2)12(14)7-10-8-17(15,16)13-6-4-3-5-11(10)13/h3-6,9-10H,7-8H2,1-2H3. The molecule has 0 aliphatic carbocycles. The van der Waals surface area contributed by atoms with E-state index < -0.39 is 9.84 Å². The highest BCUT2D eigenvalue weighted by molar-refractivity contribution is 7.91. The summed E-state index contributed by atoms with van der Waals surface area (Å²) in [5, 5.41) is 0. The normalized spacial score (nSPS) is 21.5. The molecule has 0 amide bonds. The van der Waals surface area contributed by atoms with E-state index in [1.54, 1.807) is 12.1 Å². The Kier molecular flexibility index (Phi) is 3.08. The molecule has 4 heteroatoms. The second-order valence-corrected chi connectivity index (χ2v) is 6.84. The van der Waals surface area contributed by atoms with E-state index in [9.17, 15) is 13.2 Å². The Hall–Kier alpha value is -1.16. The Labute approximate surface area is 102 Å². The molecule has 0 spiro atoms. The van der Waals surface area contributed by atoms with E-state index in [1.165, 1.54) is 0 Å². The van der Waals surface area contributed by atoms with Crippen LogP contribution in [0.2, 0.25) is 0 Å². The third kappa shape index (κ3) is 2.27. The first-order valence-electron chi connectivity index (χ1n) is 5.76. The van der Waals surface area contributed by atoms with Crippen LogP contribution in [0.1, 0.15) is 31.7 Å². The number of rotatable bonds is 3. The molecule has 1 aliphatic heterocycles. The highest BCUT2D eigenvalue weighted by atomic mass is 32.2. The van der Waals surface area contributed by atoms with E-state index in [0.29, 0.717) is 11.3 Å². The molecule has 0 aromatic heterocycles. The van der Waals surface area contributed by atoms with Crippen molar-refractivity contribution in [3.8, 4) is 0 Å². The number of carbonyl (C=O) groups excluding carboxylic acids is 1. The Morgan fingerprint density at radius 1 is 1.35 bits per heavy atom. The topological polar surface area (TPSA) is 51.2 Å². The number of carbonyl (C=O) groups is 1. The van der Waals surface area contributed by atoms with Crippen LogP contribution in [0.3, 0.4) is 0 Å². The van der Waals surface area contributed by atoms with Crippen molar-refractivity contribution in [1.82, 2.24) is 0 Å². The highest BCUT2D eigenvalue weighted by Crippen LogP contribution is 2.37. The Morgan fingerprint density at radius 3 is 2.65 bits per heavy atom. The van der Waals surface area contributed by atoms with Crippen molar-refractivity contribution in [2.45, 2.75) is 31.1 Å². The van der Waals surface area contributed by atoms with E-state index in [2.05, 4.69) is 0 Å². The van der Waals surface area contributed by atoms with Gasteiger partial charge in [-0.1, -0.05) is 32.0 Å². The van der Waals surface area contributed by atoms with Crippen LogP contribution >= 0.6 is 0 Å². The van der Waals surface area contributed by atoms with E-state index in [4.69, 9.17) is 0 Å². The lowest BCUT2D eigenvalue weighted by atomic mass is 9.92. The van der Waals surface area contributed by atoms with Crippen LogP contribution in [0.5, 0.6) is 0 Å². The molecule has 1 unspecified atom stereocenters. The lowest BCUT2D eigenvalue weighted by molar-refractivity contribution is -0.122. The molecule has 1 aromatic rings. The van der Waals surface area contributed by atoms with Crippen molar-refractivity contribution in [3.63, 3.8) is 0 Å². The predicted molar refractivity (Wildman–Crippen MR) is 65.7 cm³/mol. The molecule has 1 heterocycles. The van der Waals surface area contributed by atoms with Crippen LogP contribution in [0.25, 0.3) is 0 Å². The lowest BCUT2D eigenvalue weighted by Crippen LogP contribution is -2.13. The van der Waals surface area contributed by atoms with Gasteiger partial charge in [0.15, 0.2) is 9.84 Å². The first-order chi connectivity index (χ1) is 7.92. The molecule has 0 radical (unpaired) electrons. The van der Waals surface area contributed by atoms with E-state index in [0.717, 1.165) is 5.56 Å². The maximum atomic E-state index is 11.9. The molecule has 0 N–H and O–H groups in total. The van der Waals surface area contributed by atoms with Crippen LogP contribution < -0.4 is 0 Å². The summed E-state index contributed by atoms with van der Waals surface area (Å²) in [6.07, 6.45) is 0.327. The number of sulfone groups is 1. The molecule has 0 saturated heterocycles. The third-order valence-electron chi connectivity index (χ3n) is 3.21. The smallest absolute Gasteiger partial charge is 0.179 e. The van der Waals surface area contributed by atoms with Crippen LogP contribution in [0.4, 0.5) is 0 Å². The van der Waals surface area contributed by atoms with Gasteiger partial charge in [0.1, 0.15) is 5.78 Å². The van der Waals surface area contributed by atoms with E-state index in [1.807, 2.05) is 26.0 Å². The molecule has 3 nitrogen and oxygen atoms in total. The van der Waals surface area contributed by atoms with Crippen molar-refractivity contribution in [3.05, 3.63) is 29.8 Å². The van der Waals surface area contributed by atoms with Crippen molar-refractivity contribution < 1.29 is 13.2 Å². The maximum absolute atomic E-state index is 11.9. The van der Waals surface area contributed by atoms with Gasteiger partial charge in [-0.3, -0.25) is 4.79 Å². The maximum Gasteiger partial charge on any atom is 0.179 e. The zero-order chi connectivity index (χ0) is 12.6. The molecule has 1 aromatic carbocycles. The summed E-state index contributed by atoms with van der Waals surface area (Å²) in [6.45, 7) is 3.69. The minimum absolute atomic E-state index is 0.0366. The summed E-state index contributed by atoms with van der Waals surface area (Å²) in [5.74, 6) is 0.00335. The SMILES string of the molecule is CC(C)C(=O)CC1CS(=O)(=O)c2ccccc21. The summed E-state index contributed by atoms with van der Waals surface area (Å²) in [7, 11) is -3.18. The van der Waals surface area contributed by atoms with E-state index >= 15 is 0 Å². The van der Waals surface area contributed by atoms with Crippen molar-refractivity contribution in [2.24, 2.45) is 5.92 Å². The molecule has 17 heavy (non-hydrogen) atoms. The van der Waals surface area contributed by atoms with Gasteiger partial charge < -0.3 is 0 Å². The molecular weight excluding hydrogens is 236 g/mol. The molecule has 1 aliphatic rings. The van der Waals surface area contributed by atoms with Gasteiger partial charge in [-0.2, -0.15) is 0 Å². The Balaban J connectivity index is 2.33. The second kappa shape index (κ2) is 4.26. The molecule has 2 rings (SSSR count). The number of fused-ring (bicyclic) bond motifs is 1. The zero-order valence-corrected chi connectivity index (χ0v) is 10.8. The summed E-state index contributed by atoms with van der Waals surface area (Å²) in [4.78, 5) is 12.1. The fourth-order valence-electron chi connectivity index (χ4n) is 2.19. The molecular formula is C13H16O3S. The van der Waals surface area contributed by atoms with Crippen molar-refractivity contribution in [2.75, 3.05) is 5.75 Å². The van der Waals surface area contributed by atoms with Gasteiger partial charge >= 0.3 is 0 Å². The van der Waals surface area contributed by atoms with Crippen molar-refractivity contribution >= 4 is 15.6 Å². The zero-order valence-electron chi connectivity index (χ0n) is 10.0. The number of Topliss-reactive ketones (excluding diaryl/α,β-unsaturated/α-hetero) is 1. The summed E-state index contributed by atoms with van der Waals surface area (Å²) >= 11 is 0. The highest BCUT2D eigenvalue weighted by Gasteiger charge is 2.35. The van der Waals surface area contributed by atoms with Gasteiger partial charge in [0, 0.05) is 18.3 Å². The number of ketones is 1. The summed E-state index contributed by atoms with van der Waals surface area (Å²) in [5.41, 5.74) is 0.807. The van der Waals surface area contributed by atoms with Gasteiger partial charge in [-0.15, -0.1) is 0 Å². The van der Waals surface area contributed by atoms with Crippen LogP contribution in [0, 0.1) is 5.92 Å². The quantitative estimate of drug-likeness (QED) is 0.828. The molecule has 1 atom stereocenters. The average Bonchev–Trinajstić information content (AvgIpc) is 2.51. The molecule has 0 fully saturated rings. The summed E-state index contributed by atoms with van der Waals surface area (Å²) in [6, 6.07) is 7.00. The van der Waals surface area contributed by atoms with Gasteiger partial charge in [0.25, 0.3) is 0 Å². The van der Waals surface area contributed by atoms with Gasteiger partial charge in [0.2, 0.25) is 0 Å². The van der Waals surface area contributed by atoms with Crippen LogP contribution in [0.15, 0.2) is 29.2 Å². The monoisotopic (exact) mass is 252 g/mol. The van der Waals surface area contributed by atoms with E-state index in [-0.39, 0.29) is 23.4 Å². The largest absolute Gasteiger partial charge is 0.299 e. The minimum atomic E-state index is -3.18. The van der Waals surface area contributed by atoms with Crippen molar-refractivity contribution in [1.29, 1.82) is 0 Å². The average molecular weight is 252 g/mol. The number of hydrogen-bond donors (Lipinski definition) is 0. The lowest BCUT2D eigenvalue weighted by Gasteiger charge is -2.10. The molecule has 92 valence electrons. The third-order valence-corrected chi connectivity index (χ3v) is 5.09. The fraction of sp³-hybridized carbons (Fsp3) is 0.462. The van der Waals surface area contributed by atoms with Gasteiger partial charge in [-0.05, 0) is 11.6 Å². The van der Waals surface area contributed by atoms with Gasteiger partial charge in [0.05, 0.1) is 10.6 Å². The van der Waals surface area contributed by atoms with Crippen LogP contribution in [-0.4, -0.2) is 20.0 Å². The first kappa shape index (κ1) is 12.3. The number of benzene rings is 1. The minimum Gasteiger partial charge on any atom is -0.299 e. The fourth-order valence-corrected chi connectivity index (χ4v) is 4.08. The summed E-state index contributed by atoms with van der Waals surface area (Å²) < 4.78 is 23.8. The Morgan fingerprint density at radius 2 is 2.00 bits per heavy atom.